The van der Waals surface area contributed by atoms with Crippen LogP contribution in [0, 0.1) is 11.3 Å². The number of carboxylic acid groups (broad SMARTS) is 1. The number of ether oxygens (including phenoxy) is 2. The molecule has 212 valence electrons. The molecule has 1 saturated heterocycles. The lowest BCUT2D eigenvalue weighted by Crippen LogP contribution is -2.46. The van der Waals surface area contributed by atoms with Crippen molar-refractivity contribution in [2.24, 2.45) is 17.1 Å². The molecule has 1 fully saturated rings. The van der Waals surface area contributed by atoms with Crippen LogP contribution < -0.4 is 15.2 Å². The van der Waals surface area contributed by atoms with E-state index in [2.05, 4.69) is 45.6 Å². The fraction of sp³-hybridized carbons (Fsp3) is 0.667. The number of fused-ring (bicyclic) bond motifs is 1. The van der Waals surface area contributed by atoms with Crippen LogP contribution in [0.15, 0.2) is 29.8 Å². The van der Waals surface area contributed by atoms with Crippen LogP contribution >= 0.6 is 0 Å². The van der Waals surface area contributed by atoms with Crippen LogP contribution in [0.2, 0.25) is 0 Å². The zero-order chi connectivity index (χ0) is 27.9. The number of carbonyl (C=O) groups excluding carboxylic acids is 1. The third kappa shape index (κ3) is 7.73. The molecule has 3 atom stereocenters. The topological polar surface area (TPSA) is 105 Å². The molecule has 0 saturated carbocycles. The van der Waals surface area contributed by atoms with E-state index in [1.54, 1.807) is 0 Å². The van der Waals surface area contributed by atoms with Gasteiger partial charge in [0.25, 0.3) is 0 Å². The second-order valence-electron chi connectivity index (χ2n) is 11.7. The maximum atomic E-state index is 13.6. The van der Waals surface area contributed by atoms with Crippen molar-refractivity contribution < 1.29 is 24.2 Å². The van der Waals surface area contributed by atoms with Crippen LogP contribution in [0.5, 0.6) is 11.5 Å². The number of benzene rings is 1. The van der Waals surface area contributed by atoms with E-state index in [9.17, 15) is 14.7 Å². The van der Waals surface area contributed by atoms with E-state index in [-0.39, 0.29) is 36.6 Å². The zero-order valence-corrected chi connectivity index (χ0v) is 23.9. The highest BCUT2D eigenvalue weighted by Gasteiger charge is 2.48. The highest BCUT2D eigenvalue weighted by Crippen LogP contribution is 2.45. The maximum absolute atomic E-state index is 13.6. The van der Waals surface area contributed by atoms with Gasteiger partial charge in [0.15, 0.2) is 11.5 Å². The van der Waals surface area contributed by atoms with Crippen molar-refractivity contribution in [3.8, 4) is 11.5 Å². The Morgan fingerprint density at radius 1 is 1.16 bits per heavy atom. The van der Waals surface area contributed by atoms with Crippen LogP contribution in [0.1, 0.15) is 78.2 Å². The minimum atomic E-state index is -0.827. The predicted molar refractivity (Wildman–Crippen MR) is 149 cm³/mol. The van der Waals surface area contributed by atoms with E-state index in [1.165, 1.54) is 5.57 Å². The summed E-state index contributed by atoms with van der Waals surface area (Å²) in [5.74, 6) is -0.343. The quantitative estimate of drug-likeness (QED) is 0.267. The van der Waals surface area contributed by atoms with Crippen molar-refractivity contribution >= 4 is 11.9 Å². The first kappa shape index (κ1) is 30.0. The van der Waals surface area contributed by atoms with Gasteiger partial charge < -0.3 is 25.2 Å². The number of hydrogen-bond donors (Lipinski definition) is 2. The molecule has 8 nitrogen and oxygen atoms in total. The molecule has 0 radical (unpaired) electrons. The molecule has 2 aliphatic heterocycles. The Morgan fingerprint density at radius 2 is 1.87 bits per heavy atom. The molecule has 0 bridgehead atoms. The molecule has 3 unspecified atom stereocenters. The van der Waals surface area contributed by atoms with E-state index < -0.39 is 11.9 Å². The number of amides is 1. The SMILES string of the molecule is CCCCN(CCCCN)C(=O)CN1CC(c2ccc3c(c2)OCO3)C(C(=O)O)C1CC(C)(C)C=C(C)C. The molecule has 3 rings (SSSR count). The Hall–Kier alpha value is -2.58. The largest absolute Gasteiger partial charge is 0.481 e. The summed E-state index contributed by atoms with van der Waals surface area (Å²) in [5.41, 5.74) is 7.58. The number of likely N-dealkylation sites (tertiary alicyclic amines) is 1. The molecule has 3 N–H and O–H groups in total. The molecule has 0 spiro atoms. The second-order valence-corrected chi connectivity index (χ2v) is 11.7. The van der Waals surface area contributed by atoms with Gasteiger partial charge in [0.05, 0.1) is 12.5 Å². The van der Waals surface area contributed by atoms with Crippen molar-refractivity contribution in [1.29, 1.82) is 0 Å². The van der Waals surface area contributed by atoms with Crippen molar-refractivity contribution in [1.82, 2.24) is 9.80 Å². The monoisotopic (exact) mass is 529 g/mol. The Bertz CT molecular complexity index is 988. The number of unbranched alkanes of at least 4 members (excludes halogenated alkanes) is 2. The number of nitrogens with two attached hydrogens (primary N) is 1. The van der Waals surface area contributed by atoms with Crippen molar-refractivity contribution in [3.63, 3.8) is 0 Å². The molecule has 1 aromatic rings. The lowest BCUT2D eigenvalue weighted by Gasteiger charge is -2.34. The number of allylic oxidation sites excluding steroid dienone is 2. The molecule has 1 amide bonds. The molecular weight excluding hydrogens is 482 g/mol. The van der Waals surface area contributed by atoms with Crippen LogP contribution in [-0.4, -0.2) is 72.3 Å². The summed E-state index contributed by atoms with van der Waals surface area (Å²) in [4.78, 5) is 30.5. The number of rotatable bonds is 14. The maximum Gasteiger partial charge on any atom is 0.308 e. The molecular formula is C30H47N3O5. The third-order valence-corrected chi connectivity index (χ3v) is 7.63. The van der Waals surface area contributed by atoms with Gasteiger partial charge in [-0.2, -0.15) is 0 Å². The Labute approximate surface area is 228 Å². The van der Waals surface area contributed by atoms with Crippen LogP contribution in [0.3, 0.4) is 0 Å². The molecule has 2 aliphatic rings. The number of carbonyl (C=O) groups is 2. The van der Waals surface area contributed by atoms with Gasteiger partial charge in [0.1, 0.15) is 0 Å². The van der Waals surface area contributed by atoms with Gasteiger partial charge in [-0.25, -0.2) is 0 Å². The lowest BCUT2D eigenvalue weighted by atomic mass is 9.77. The summed E-state index contributed by atoms with van der Waals surface area (Å²) < 4.78 is 11.1. The molecule has 0 aliphatic carbocycles. The van der Waals surface area contributed by atoms with E-state index >= 15 is 0 Å². The average molecular weight is 530 g/mol. The molecule has 38 heavy (non-hydrogen) atoms. The smallest absolute Gasteiger partial charge is 0.308 e. The second kappa shape index (κ2) is 13.5. The predicted octanol–water partition coefficient (Wildman–Crippen LogP) is 4.63. The van der Waals surface area contributed by atoms with Crippen LogP contribution in [0.4, 0.5) is 0 Å². The molecule has 0 aromatic heterocycles. The number of aliphatic carboxylic acids is 1. The Balaban J connectivity index is 1.92. The summed E-state index contributed by atoms with van der Waals surface area (Å²) in [5, 5.41) is 10.5. The van der Waals surface area contributed by atoms with Crippen molar-refractivity contribution in [3.05, 3.63) is 35.4 Å². The summed E-state index contributed by atoms with van der Waals surface area (Å²) >= 11 is 0. The van der Waals surface area contributed by atoms with Crippen molar-refractivity contribution in [2.45, 2.75) is 78.7 Å². The van der Waals surface area contributed by atoms with Gasteiger partial charge >= 0.3 is 5.97 Å². The lowest BCUT2D eigenvalue weighted by molar-refractivity contribution is -0.144. The fourth-order valence-corrected chi connectivity index (χ4v) is 6.04. The average Bonchev–Trinajstić information content (AvgIpc) is 3.44. The van der Waals surface area contributed by atoms with Gasteiger partial charge in [-0.3, -0.25) is 14.5 Å². The minimum absolute atomic E-state index is 0.0657. The Morgan fingerprint density at radius 3 is 2.53 bits per heavy atom. The van der Waals surface area contributed by atoms with Crippen LogP contribution in [0.25, 0.3) is 0 Å². The molecule has 1 aromatic carbocycles. The first-order chi connectivity index (χ1) is 18.1. The number of carboxylic acids is 1. The molecule has 2 heterocycles. The summed E-state index contributed by atoms with van der Waals surface area (Å²) in [6, 6.07) is 5.43. The van der Waals surface area contributed by atoms with Crippen LogP contribution in [-0.2, 0) is 9.59 Å². The zero-order valence-electron chi connectivity index (χ0n) is 23.9. The summed E-state index contributed by atoms with van der Waals surface area (Å²) in [6.07, 6.45) is 6.57. The van der Waals surface area contributed by atoms with Gasteiger partial charge in [-0.15, -0.1) is 0 Å². The van der Waals surface area contributed by atoms with Gasteiger partial charge in [-0.05, 0) is 69.2 Å². The first-order valence-corrected chi connectivity index (χ1v) is 14.1. The van der Waals surface area contributed by atoms with E-state index in [1.807, 2.05) is 23.1 Å². The summed E-state index contributed by atoms with van der Waals surface area (Å²) in [6.45, 7) is 13.4. The van der Waals surface area contributed by atoms with E-state index in [4.69, 9.17) is 15.2 Å². The standard InChI is InChI=1S/C30H47N3O5/c1-6-7-13-32(14-9-8-12-31)27(34)19-33-18-23(22-10-11-25-26(15-22)38-20-37-25)28(29(35)36)24(33)17-30(4,5)16-21(2)3/h10-11,15-16,23-24,28H,6-9,12-14,17-20,31H2,1-5H3,(H,35,36). The Kier molecular flexibility index (Phi) is 10.6. The van der Waals surface area contributed by atoms with Gasteiger partial charge in [0, 0.05) is 31.6 Å². The number of nitrogens with zero attached hydrogens (tertiary/aromatic N) is 2. The van der Waals surface area contributed by atoms with Crippen molar-refractivity contribution in [2.75, 3.05) is 39.5 Å². The third-order valence-electron chi connectivity index (χ3n) is 7.63. The number of hydrogen-bond acceptors (Lipinski definition) is 6. The van der Waals surface area contributed by atoms with Gasteiger partial charge in [-0.1, -0.05) is 44.9 Å². The molecule has 8 heteroatoms. The normalized spacial score (nSPS) is 20.9. The van der Waals surface area contributed by atoms with E-state index in [0.29, 0.717) is 37.6 Å². The fourth-order valence-electron chi connectivity index (χ4n) is 6.04. The minimum Gasteiger partial charge on any atom is -0.481 e. The highest BCUT2D eigenvalue weighted by atomic mass is 16.7. The van der Waals surface area contributed by atoms with E-state index in [0.717, 1.165) is 37.8 Å². The first-order valence-electron chi connectivity index (χ1n) is 14.1. The van der Waals surface area contributed by atoms with Gasteiger partial charge in [0.2, 0.25) is 12.7 Å². The highest BCUT2D eigenvalue weighted by molar-refractivity contribution is 5.79. The summed E-state index contributed by atoms with van der Waals surface area (Å²) in [7, 11) is 0.